The number of benzene rings is 5. The van der Waals surface area contributed by atoms with Crippen molar-refractivity contribution in [2.75, 3.05) is 0 Å². The molecule has 8 rings (SSSR count). The second kappa shape index (κ2) is 13.7. The van der Waals surface area contributed by atoms with Gasteiger partial charge in [0.15, 0.2) is 0 Å². The monoisotopic (exact) mass is 676 g/mol. The van der Waals surface area contributed by atoms with Crippen molar-refractivity contribution >= 4 is 46.1 Å². The Balaban J connectivity index is 1.24. The van der Waals surface area contributed by atoms with E-state index in [-0.39, 0.29) is 5.41 Å². The van der Waals surface area contributed by atoms with Crippen molar-refractivity contribution in [2.45, 2.75) is 45.4 Å². The van der Waals surface area contributed by atoms with E-state index in [1.165, 1.54) is 43.9 Å². The second-order valence-corrected chi connectivity index (χ2v) is 15.9. The zero-order valence-electron chi connectivity index (χ0n) is 29.5. The van der Waals surface area contributed by atoms with Gasteiger partial charge >= 0.3 is 0 Å². The number of nitrogens with zero attached hydrogens (tertiary/aromatic N) is 2. The molecule has 0 bridgehead atoms. The van der Waals surface area contributed by atoms with Crippen LogP contribution in [-0.2, 0) is 5.41 Å². The van der Waals surface area contributed by atoms with E-state index in [0.29, 0.717) is 0 Å². The van der Waals surface area contributed by atoms with Gasteiger partial charge < -0.3 is 0 Å². The summed E-state index contributed by atoms with van der Waals surface area (Å²) in [6, 6.07) is 42.8. The summed E-state index contributed by atoms with van der Waals surface area (Å²) in [6.45, 7) is 10.7. The quantitative estimate of drug-likeness (QED) is 0.0935. The molecule has 1 aromatic heterocycles. The highest BCUT2D eigenvalue weighted by atomic mass is 31.1. The molecule has 2 aliphatic rings. The van der Waals surface area contributed by atoms with Crippen LogP contribution in [0.15, 0.2) is 152 Å². The van der Waals surface area contributed by atoms with Gasteiger partial charge in [-0.1, -0.05) is 154 Å². The highest BCUT2D eigenvalue weighted by Crippen LogP contribution is 2.49. The van der Waals surface area contributed by atoms with Gasteiger partial charge in [-0.15, -0.1) is 0 Å². The predicted molar refractivity (Wildman–Crippen MR) is 220 cm³/mol. The minimum Gasteiger partial charge on any atom is -0.296 e. The summed E-state index contributed by atoms with van der Waals surface area (Å²) in [6.07, 6.45) is 13.3. The lowest BCUT2D eigenvalue weighted by molar-refractivity contribution is 0.661. The Hall–Kier alpha value is -5.48. The number of hydrogen-bond donors (Lipinski definition) is 0. The first kappa shape index (κ1) is 32.7. The lowest BCUT2D eigenvalue weighted by Gasteiger charge is -2.25. The first-order valence-electron chi connectivity index (χ1n) is 17.9. The van der Waals surface area contributed by atoms with Crippen molar-refractivity contribution in [1.29, 1.82) is 0 Å². The van der Waals surface area contributed by atoms with Crippen molar-refractivity contribution < 1.29 is 0 Å². The van der Waals surface area contributed by atoms with Gasteiger partial charge in [0.05, 0.1) is 11.0 Å². The summed E-state index contributed by atoms with van der Waals surface area (Å²) in [4.78, 5) is 5.17. The first-order valence-corrected chi connectivity index (χ1v) is 19.2. The lowest BCUT2D eigenvalue weighted by atomic mass is 9.82. The van der Waals surface area contributed by atoms with Gasteiger partial charge in [-0.25, -0.2) is 4.98 Å². The molecule has 0 saturated carbocycles. The van der Waals surface area contributed by atoms with Gasteiger partial charge in [-0.2, -0.15) is 0 Å². The van der Waals surface area contributed by atoms with Crippen LogP contribution in [0.25, 0.3) is 44.8 Å². The second-order valence-electron chi connectivity index (χ2n) is 13.7. The SMILES string of the molecule is C=C/C=C(\C#CCC)c1ccc(P(c2ccc(-c3nc4ccccc4n3C3=CC=CCC3)cc2)c2ccc3c(c2)C(C)(C)c2ccccc2-3)cc1. The third-order valence-corrected chi connectivity index (χ3v) is 12.6. The van der Waals surface area contributed by atoms with Crippen LogP contribution in [0, 0.1) is 11.8 Å². The minimum absolute atomic E-state index is 0.0684. The number of hydrogen-bond acceptors (Lipinski definition) is 1. The average molecular weight is 677 g/mol. The van der Waals surface area contributed by atoms with Crippen LogP contribution in [0.1, 0.15) is 56.7 Å². The number of rotatable bonds is 7. The Kier molecular flexibility index (Phi) is 8.77. The molecule has 0 amide bonds. The molecule has 0 saturated heterocycles. The zero-order valence-corrected chi connectivity index (χ0v) is 30.4. The maximum Gasteiger partial charge on any atom is 0.145 e. The maximum atomic E-state index is 5.17. The normalized spacial score (nSPS) is 15.0. The summed E-state index contributed by atoms with van der Waals surface area (Å²) in [5.74, 6) is 7.56. The van der Waals surface area contributed by atoms with Gasteiger partial charge in [0.2, 0.25) is 0 Å². The van der Waals surface area contributed by atoms with Crippen molar-refractivity contribution in [2.24, 2.45) is 0 Å². The van der Waals surface area contributed by atoms with Gasteiger partial charge in [-0.05, 0) is 94.8 Å². The van der Waals surface area contributed by atoms with Crippen LogP contribution in [0.4, 0.5) is 0 Å². The summed E-state index contributed by atoms with van der Waals surface area (Å²) in [5.41, 5.74) is 12.1. The first-order chi connectivity index (χ1) is 25.0. The topological polar surface area (TPSA) is 17.8 Å². The van der Waals surface area contributed by atoms with Gasteiger partial charge in [0, 0.05) is 28.7 Å². The van der Waals surface area contributed by atoms with Crippen LogP contribution in [0.2, 0.25) is 0 Å². The van der Waals surface area contributed by atoms with E-state index >= 15 is 0 Å². The third-order valence-electron chi connectivity index (χ3n) is 10.2. The zero-order chi connectivity index (χ0) is 35.0. The summed E-state index contributed by atoms with van der Waals surface area (Å²) < 4.78 is 2.35. The number of fused-ring (bicyclic) bond motifs is 4. The van der Waals surface area contributed by atoms with E-state index in [4.69, 9.17) is 4.98 Å². The van der Waals surface area contributed by atoms with E-state index < -0.39 is 7.92 Å². The molecule has 248 valence electrons. The number of para-hydroxylation sites is 2. The van der Waals surface area contributed by atoms with Crippen molar-refractivity contribution in [3.05, 3.63) is 169 Å². The Bertz CT molecular complexity index is 2440. The fourth-order valence-corrected chi connectivity index (χ4v) is 9.90. The highest BCUT2D eigenvalue weighted by Gasteiger charge is 2.36. The minimum atomic E-state index is -0.864. The van der Waals surface area contributed by atoms with E-state index in [2.05, 4.69) is 177 Å². The molecular weight excluding hydrogens is 636 g/mol. The predicted octanol–water partition coefficient (Wildman–Crippen LogP) is 10.9. The van der Waals surface area contributed by atoms with E-state index in [0.717, 1.165) is 52.8 Å². The van der Waals surface area contributed by atoms with Crippen LogP contribution >= 0.6 is 7.92 Å². The number of imidazole rings is 1. The van der Waals surface area contributed by atoms with Crippen LogP contribution < -0.4 is 15.9 Å². The van der Waals surface area contributed by atoms with Crippen LogP contribution in [-0.4, -0.2) is 9.55 Å². The molecule has 0 aliphatic heterocycles. The molecular formula is C48H41N2P. The Morgan fingerprint density at radius 2 is 1.55 bits per heavy atom. The van der Waals surface area contributed by atoms with E-state index in [1.54, 1.807) is 0 Å². The Morgan fingerprint density at radius 3 is 2.29 bits per heavy atom. The Morgan fingerprint density at radius 1 is 0.843 bits per heavy atom. The van der Waals surface area contributed by atoms with Crippen molar-refractivity contribution in [3.8, 4) is 34.4 Å². The molecule has 3 heteroatoms. The van der Waals surface area contributed by atoms with Gasteiger partial charge in [0.25, 0.3) is 0 Å². The van der Waals surface area contributed by atoms with Crippen molar-refractivity contribution in [3.63, 3.8) is 0 Å². The molecule has 1 unspecified atom stereocenters. The smallest absolute Gasteiger partial charge is 0.145 e. The van der Waals surface area contributed by atoms with E-state index in [9.17, 15) is 0 Å². The molecule has 0 radical (unpaired) electrons. The standard InChI is InChI=1S/C48H41N2P/c1-5-7-16-34(15-6-2)35-23-27-38(28-24-35)51(40-31-32-42-41-19-11-12-20-43(41)48(3,4)44(42)33-40)39-29-25-36(26-30-39)47-49-45-21-13-14-22-46(45)50(47)37-17-9-8-10-18-37/h6,8-9,11-15,17,19-33H,2,5,10,18H2,1,3-4H3/b34-15+. The molecule has 0 spiro atoms. The number of aromatic nitrogens is 2. The lowest BCUT2D eigenvalue weighted by Crippen LogP contribution is -2.23. The summed E-state index contributed by atoms with van der Waals surface area (Å²) >= 11 is 0. The molecule has 1 atom stereocenters. The third kappa shape index (κ3) is 5.93. The molecule has 51 heavy (non-hydrogen) atoms. The fourth-order valence-electron chi connectivity index (χ4n) is 7.63. The molecule has 6 aromatic rings. The molecule has 2 aliphatic carbocycles. The Labute approximate surface area is 303 Å². The summed E-state index contributed by atoms with van der Waals surface area (Å²) in [7, 11) is -0.864. The average Bonchev–Trinajstić information content (AvgIpc) is 3.67. The van der Waals surface area contributed by atoms with Gasteiger partial charge in [-0.3, -0.25) is 4.57 Å². The molecule has 0 fully saturated rings. The highest BCUT2D eigenvalue weighted by molar-refractivity contribution is 7.79. The largest absolute Gasteiger partial charge is 0.296 e. The van der Waals surface area contributed by atoms with Crippen LogP contribution in [0.3, 0.4) is 0 Å². The number of allylic oxidation sites excluding steroid dienone is 7. The summed E-state index contributed by atoms with van der Waals surface area (Å²) in [5, 5.41) is 3.97. The molecule has 2 nitrogen and oxygen atoms in total. The van der Waals surface area contributed by atoms with Crippen LogP contribution in [0.5, 0.6) is 0 Å². The van der Waals surface area contributed by atoms with Gasteiger partial charge in [0.1, 0.15) is 5.82 Å². The maximum absolute atomic E-state index is 5.17. The molecule has 5 aromatic carbocycles. The van der Waals surface area contributed by atoms with Crippen molar-refractivity contribution in [1.82, 2.24) is 9.55 Å². The van der Waals surface area contributed by atoms with E-state index in [1.807, 2.05) is 12.2 Å². The molecule has 1 heterocycles. The molecule has 0 N–H and O–H groups in total. The fraction of sp³-hybridized carbons (Fsp3) is 0.146.